The first-order valence-electron chi connectivity index (χ1n) is 6.86. The highest BCUT2D eigenvalue weighted by Crippen LogP contribution is 2.22. The van der Waals surface area contributed by atoms with Crippen molar-refractivity contribution in [3.05, 3.63) is 35.4 Å². The Labute approximate surface area is 132 Å². The molecule has 22 heavy (non-hydrogen) atoms. The number of amides is 1. The molecule has 0 aliphatic carbocycles. The van der Waals surface area contributed by atoms with Crippen LogP contribution in [0, 0.1) is 0 Å². The highest BCUT2D eigenvalue weighted by atomic mass is 32.2. The number of aliphatic carboxylic acids is 1. The summed E-state index contributed by atoms with van der Waals surface area (Å²) in [5, 5.41) is 18.7. The zero-order chi connectivity index (χ0) is 16.1. The summed E-state index contributed by atoms with van der Waals surface area (Å²) in [7, 11) is 0. The van der Waals surface area contributed by atoms with Gasteiger partial charge in [-0.3, -0.25) is 9.59 Å². The number of amidine groups is 1. The summed E-state index contributed by atoms with van der Waals surface area (Å²) in [5.74, 6) is -0.882. The smallest absolute Gasteiger partial charge is 0.305 e. The van der Waals surface area contributed by atoms with Crippen LogP contribution >= 0.6 is 11.8 Å². The van der Waals surface area contributed by atoms with Crippen LogP contribution in [0.25, 0.3) is 0 Å². The number of carbonyl (C=O) groups is 2. The average Bonchev–Trinajstić information content (AvgIpc) is 2.79. The van der Waals surface area contributed by atoms with E-state index in [1.54, 1.807) is 6.21 Å². The fourth-order valence-electron chi connectivity index (χ4n) is 1.86. The normalized spacial score (nSPS) is 20.0. The number of rotatable bonds is 5. The van der Waals surface area contributed by atoms with E-state index in [1.807, 2.05) is 24.3 Å². The lowest BCUT2D eigenvalue weighted by molar-refractivity contribution is -0.138. The zero-order valence-electron chi connectivity index (χ0n) is 12.3. The van der Waals surface area contributed by atoms with Gasteiger partial charge in [0.2, 0.25) is 5.91 Å². The van der Waals surface area contributed by atoms with Crippen molar-refractivity contribution in [3.8, 4) is 0 Å². The Bertz CT molecular complexity index is 623. The summed E-state index contributed by atoms with van der Waals surface area (Å²) >= 11 is 1.08. The van der Waals surface area contributed by atoms with Gasteiger partial charge < -0.3 is 10.4 Å². The number of hydrogen-bond donors (Lipinski definition) is 2. The monoisotopic (exact) mass is 319 g/mol. The highest BCUT2D eigenvalue weighted by Gasteiger charge is 2.32. The van der Waals surface area contributed by atoms with Crippen molar-refractivity contribution in [1.82, 2.24) is 5.32 Å². The quantitative estimate of drug-likeness (QED) is 0.643. The van der Waals surface area contributed by atoms with Gasteiger partial charge in [0.15, 0.2) is 5.17 Å². The molecule has 0 unspecified atom stereocenters. The summed E-state index contributed by atoms with van der Waals surface area (Å²) in [6, 6.07) is 7.97. The van der Waals surface area contributed by atoms with Crippen LogP contribution in [0.3, 0.4) is 0 Å². The Balaban J connectivity index is 1.96. The molecule has 116 valence electrons. The molecule has 0 radical (unpaired) electrons. The third-order valence-corrected chi connectivity index (χ3v) is 4.17. The van der Waals surface area contributed by atoms with Gasteiger partial charge in [-0.2, -0.15) is 5.10 Å². The number of nitrogens with zero attached hydrogens (tertiary/aromatic N) is 2. The molecule has 1 aromatic carbocycles. The second kappa shape index (κ2) is 7.22. The Hall–Kier alpha value is -2.15. The number of thioether (sulfide) groups is 1. The molecular weight excluding hydrogens is 302 g/mol. The first-order valence-corrected chi connectivity index (χ1v) is 7.74. The molecule has 1 atom stereocenters. The summed E-state index contributed by atoms with van der Waals surface area (Å²) < 4.78 is 0. The molecule has 2 rings (SSSR count). The lowest BCUT2D eigenvalue weighted by Gasteiger charge is -2.03. The predicted molar refractivity (Wildman–Crippen MR) is 87.3 cm³/mol. The van der Waals surface area contributed by atoms with Crippen LogP contribution in [0.5, 0.6) is 0 Å². The topological polar surface area (TPSA) is 91.1 Å². The van der Waals surface area contributed by atoms with Crippen molar-refractivity contribution < 1.29 is 14.7 Å². The van der Waals surface area contributed by atoms with Gasteiger partial charge in [-0.1, -0.05) is 49.9 Å². The van der Waals surface area contributed by atoms with Crippen LogP contribution in [0.4, 0.5) is 0 Å². The predicted octanol–water partition coefficient (Wildman–Crippen LogP) is 2.21. The van der Waals surface area contributed by atoms with Gasteiger partial charge in [0.1, 0.15) is 5.25 Å². The van der Waals surface area contributed by atoms with Crippen molar-refractivity contribution in [2.45, 2.75) is 31.4 Å². The van der Waals surface area contributed by atoms with Crippen molar-refractivity contribution >= 4 is 35.0 Å². The highest BCUT2D eigenvalue weighted by molar-refractivity contribution is 8.15. The molecule has 0 bridgehead atoms. The molecule has 7 heteroatoms. The third kappa shape index (κ3) is 4.42. The SMILES string of the molecule is CC(C)c1ccc(/C=N\N=C2NC(=O)[C@@H](CC(=O)O)S2)cc1. The van der Waals surface area contributed by atoms with E-state index in [0.29, 0.717) is 11.1 Å². The van der Waals surface area contributed by atoms with Crippen LogP contribution < -0.4 is 5.32 Å². The summed E-state index contributed by atoms with van der Waals surface area (Å²) in [4.78, 5) is 22.1. The minimum Gasteiger partial charge on any atom is -0.481 e. The molecule has 1 saturated heterocycles. The van der Waals surface area contributed by atoms with Crippen LogP contribution in [0.15, 0.2) is 34.5 Å². The van der Waals surface area contributed by atoms with Crippen LogP contribution in [0.2, 0.25) is 0 Å². The molecule has 0 spiro atoms. The average molecular weight is 319 g/mol. The first kappa shape index (κ1) is 16.2. The van der Waals surface area contributed by atoms with E-state index in [1.165, 1.54) is 5.56 Å². The molecule has 6 nitrogen and oxygen atoms in total. The van der Waals surface area contributed by atoms with E-state index in [2.05, 4.69) is 29.4 Å². The van der Waals surface area contributed by atoms with Gasteiger partial charge in [0.05, 0.1) is 12.6 Å². The Morgan fingerprint density at radius 1 is 1.41 bits per heavy atom. The molecule has 0 saturated carbocycles. The summed E-state index contributed by atoms with van der Waals surface area (Å²) in [5.41, 5.74) is 2.16. The zero-order valence-corrected chi connectivity index (χ0v) is 13.1. The van der Waals surface area contributed by atoms with E-state index in [9.17, 15) is 9.59 Å². The van der Waals surface area contributed by atoms with Crippen LogP contribution in [-0.2, 0) is 9.59 Å². The maximum absolute atomic E-state index is 11.5. The largest absolute Gasteiger partial charge is 0.481 e. The Kier molecular flexibility index (Phi) is 5.32. The Morgan fingerprint density at radius 2 is 2.09 bits per heavy atom. The molecule has 1 aliphatic rings. The van der Waals surface area contributed by atoms with E-state index in [4.69, 9.17) is 5.11 Å². The van der Waals surface area contributed by atoms with E-state index in [0.717, 1.165) is 17.3 Å². The third-order valence-electron chi connectivity index (χ3n) is 3.09. The molecule has 0 aromatic heterocycles. The number of hydrogen-bond acceptors (Lipinski definition) is 5. The van der Waals surface area contributed by atoms with E-state index >= 15 is 0 Å². The van der Waals surface area contributed by atoms with Gasteiger partial charge in [-0.25, -0.2) is 0 Å². The van der Waals surface area contributed by atoms with Gasteiger partial charge in [0.25, 0.3) is 0 Å². The summed E-state index contributed by atoms with van der Waals surface area (Å²) in [6.45, 7) is 4.26. The maximum Gasteiger partial charge on any atom is 0.305 e. The number of carboxylic acids is 1. The van der Waals surface area contributed by atoms with Gasteiger partial charge in [-0.05, 0) is 17.0 Å². The second-order valence-electron chi connectivity index (χ2n) is 5.16. The van der Waals surface area contributed by atoms with Crippen molar-refractivity contribution in [3.63, 3.8) is 0 Å². The minimum atomic E-state index is -1.01. The number of benzene rings is 1. The fourth-order valence-corrected chi connectivity index (χ4v) is 2.78. The van der Waals surface area contributed by atoms with Crippen LogP contribution in [0.1, 0.15) is 37.3 Å². The fraction of sp³-hybridized carbons (Fsp3) is 0.333. The lowest BCUT2D eigenvalue weighted by Crippen LogP contribution is -2.26. The van der Waals surface area contributed by atoms with Gasteiger partial charge in [-0.15, -0.1) is 5.10 Å². The van der Waals surface area contributed by atoms with Gasteiger partial charge >= 0.3 is 5.97 Å². The molecule has 1 heterocycles. The van der Waals surface area contributed by atoms with E-state index < -0.39 is 11.2 Å². The second-order valence-corrected chi connectivity index (χ2v) is 6.36. The van der Waals surface area contributed by atoms with Gasteiger partial charge in [0, 0.05) is 0 Å². The van der Waals surface area contributed by atoms with Crippen molar-refractivity contribution in [2.24, 2.45) is 10.2 Å². The Morgan fingerprint density at radius 3 is 2.68 bits per heavy atom. The maximum atomic E-state index is 11.5. The summed E-state index contributed by atoms with van der Waals surface area (Å²) in [6.07, 6.45) is 1.37. The van der Waals surface area contributed by atoms with Crippen molar-refractivity contribution in [2.75, 3.05) is 0 Å². The first-order chi connectivity index (χ1) is 10.5. The lowest BCUT2D eigenvalue weighted by atomic mass is 10.0. The standard InChI is InChI=1S/C15H17N3O3S/c1-9(2)11-5-3-10(4-6-11)8-16-18-15-17-14(21)12(22-15)7-13(19)20/h3-6,8-9,12H,7H2,1-2H3,(H,19,20)(H,17,18,21)/b16-8-/t12-/m1/s1. The minimum absolute atomic E-state index is 0.226. The number of carboxylic acid groups (broad SMARTS) is 1. The molecule has 1 fully saturated rings. The molecule has 2 N–H and O–H groups in total. The van der Waals surface area contributed by atoms with Crippen molar-refractivity contribution in [1.29, 1.82) is 0 Å². The molecule has 1 amide bonds. The number of carbonyl (C=O) groups excluding carboxylic acids is 1. The molecule has 1 aliphatic heterocycles. The number of nitrogens with one attached hydrogen (secondary N) is 1. The van der Waals surface area contributed by atoms with Crippen LogP contribution in [-0.4, -0.2) is 33.6 Å². The van der Waals surface area contributed by atoms with E-state index in [-0.39, 0.29) is 12.3 Å². The molecule has 1 aromatic rings. The molecular formula is C15H17N3O3S.